The third-order valence-electron chi connectivity index (χ3n) is 4.92. The Hall–Kier alpha value is -3.16. The van der Waals surface area contributed by atoms with Gasteiger partial charge < -0.3 is 0 Å². The van der Waals surface area contributed by atoms with E-state index in [9.17, 15) is 0 Å². The van der Waals surface area contributed by atoms with Crippen molar-refractivity contribution in [2.45, 2.75) is 0 Å². The van der Waals surface area contributed by atoms with Crippen molar-refractivity contribution in [3.8, 4) is 22.4 Å². The summed E-state index contributed by atoms with van der Waals surface area (Å²) < 4.78 is 0. The zero-order valence-corrected chi connectivity index (χ0v) is 15.3. The third-order valence-corrected chi connectivity index (χ3v) is 5.18. The van der Waals surface area contributed by atoms with Crippen LogP contribution in [0.1, 0.15) is 0 Å². The Morgan fingerprint density at radius 3 is 2.19 bits per heavy atom. The number of benzene rings is 4. The van der Waals surface area contributed by atoms with Crippen LogP contribution >= 0.6 is 11.6 Å². The molecule has 4 aromatic carbocycles. The highest BCUT2D eigenvalue weighted by Crippen LogP contribution is 2.36. The molecule has 0 saturated carbocycles. The van der Waals surface area contributed by atoms with Gasteiger partial charge in [0.1, 0.15) is 0 Å². The number of hydrogen-bond donors (Lipinski definition) is 0. The lowest BCUT2D eigenvalue weighted by Gasteiger charge is -2.13. The average Bonchev–Trinajstić information content (AvgIpc) is 2.74. The van der Waals surface area contributed by atoms with Crippen molar-refractivity contribution in [1.82, 2.24) is 4.98 Å². The van der Waals surface area contributed by atoms with Crippen molar-refractivity contribution in [1.29, 1.82) is 0 Å². The van der Waals surface area contributed by atoms with Crippen LogP contribution in [-0.2, 0) is 0 Å². The normalized spacial score (nSPS) is 11.1. The second kappa shape index (κ2) is 6.53. The fourth-order valence-corrected chi connectivity index (χ4v) is 3.75. The summed E-state index contributed by atoms with van der Waals surface area (Å²) in [7, 11) is 0. The molecule has 128 valence electrons. The highest BCUT2D eigenvalue weighted by Gasteiger charge is 2.12. The van der Waals surface area contributed by atoms with Crippen LogP contribution in [0.15, 0.2) is 97.1 Å². The zero-order chi connectivity index (χ0) is 18.2. The van der Waals surface area contributed by atoms with E-state index < -0.39 is 0 Å². The van der Waals surface area contributed by atoms with E-state index in [1.54, 1.807) is 0 Å². The van der Waals surface area contributed by atoms with Gasteiger partial charge in [-0.1, -0.05) is 84.4 Å². The molecule has 0 spiro atoms. The van der Waals surface area contributed by atoms with E-state index in [0.29, 0.717) is 0 Å². The van der Waals surface area contributed by atoms with Crippen LogP contribution in [0, 0.1) is 0 Å². The van der Waals surface area contributed by atoms with Gasteiger partial charge >= 0.3 is 0 Å². The molecule has 1 aromatic heterocycles. The highest BCUT2D eigenvalue weighted by molar-refractivity contribution is 6.30. The van der Waals surface area contributed by atoms with Crippen LogP contribution in [0.3, 0.4) is 0 Å². The van der Waals surface area contributed by atoms with Gasteiger partial charge in [0, 0.05) is 16.0 Å². The quantitative estimate of drug-likeness (QED) is 0.297. The van der Waals surface area contributed by atoms with E-state index >= 15 is 0 Å². The third kappa shape index (κ3) is 2.87. The van der Waals surface area contributed by atoms with Crippen LogP contribution in [-0.4, -0.2) is 4.98 Å². The maximum atomic E-state index is 6.13. The van der Waals surface area contributed by atoms with Crippen LogP contribution in [0.25, 0.3) is 44.1 Å². The molecule has 0 aliphatic rings. The lowest BCUT2D eigenvalue weighted by atomic mass is 9.94. The Bertz CT molecular complexity index is 1260. The number of fused-ring (bicyclic) bond motifs is 3. The van der Waals surface area contributed by atoms with Gasteiger partial charge in [0.05, 0.1) is 11.2 Å². The topological polar surface area (TPSA) is 12.9 Å². The number of pyridine rings is 1. The fourth-order valence-electron chi connectivity index (χ4n) is 3.62. The molecule has 0 atom stereocenters. The Labute approximate surface area is 162 Å². The molecular weight excluding hydrogens is 350 g/mol. The lowest BCUT2D eigenvalue weighted by molar-refractivity contribution is 1.40. The van der Waals surface area contributed by atoms with Crippen LogP contribution in [0.2, 0.25) is 5.02 Å². The van der Waals surface area contributed by atoms with Gasteiger partial charge in [-0.15, -0.1) is 0 Å². The first-order valence-corrected chi connectivity index (χ1v) is 9.31. The molecule has 1 heterocycles. The molecule has 1 nitrogen and oxygen atoms in total. The molecule has 0 fully saturated rings. The van der Waals surface area contributed by atoms with Gasteiger partial charge in [0.2, 0.25) is 0 Å². The van der Waals surface area contributed by atoms with Crippen molar-refractivity contribution >= 4 is 33.3 Å². The minimum atomic E-state index is 0.741. The number of nitrogens with zero attached hydrogens (tertiary/aromatic N) is 1. The standard InChI is InChI=1S/C25H16ClN/c26-20-13-10-18(11-14-20)22-16-24(19-7-2-1-3-8-19)27-23-15-12-17-6-4-5-9-21(17)25(22)23/h1-16H. The average molecular weight is 366 g/mol. The van der Waals surface area contributed by atoms with Crippen molar-refractivity contribution in [3.05, 3.63) is 102 Å². The van der Waals surface area contributed by atoms with Crippen molar-refractivity contribution in [3.63, 3.8) is 0 Å². The van der Waals surface area contributed by atoms with Crippen molar-refractivity contribution in [2.75, 3.05) is 0 Å². The number of aromatic nitrogens is 1. The summed E-state index contributed by atoms with van der Waals surface area (Å²) >= 11 is 6.13. The molecule has 0 aliphatic carbocycles. The first kappa shape index (κ1) is 16.0. The molecule has 0 N–H and O–H groups in total. The summed E-state index contributed by atoms with van der Waals surface area (Å²) in [6, 6.07) is 33.3. The van der Waals surface area contributed by atoms with Gasteiger partial charge in [-0.2, -0.15) is 0 Å². The monoisotopic (exact) mass is 365 g/mol. The molecular formula is C25H16ClN. The fraction of sp³-hybridized carbons (Fsp3) is 0. The van der Waals surface area contributed by atoms with Gasteiger partial charge in [-0.05, 0) is 46.2 Å². The molecule has 0 amide bonds. The Morgan fingerprint density at radius 1 is 0.630 bits per heavy atom. The molecule has 0 bridgehead atoms. The largest absolute Gasteiger partial charge is 0.248 e. The van der Waals surface area contributed by atoms with E-state index in [1.165, 1.54) is 21.7 Å². The number of rotatable bonds is 2. The molecule has 0 unspecified atom stereocenters. The Balaban J connectivity index is 1.90. The van der Waals surface area contributed by atoms with Gasteiger partial charge in [0.15, 0.2) is 0 Å². The molecule has 27 heavy (non-hydrogen) atoms. The minimum Gasteiger partial charge on any atom is -0.248 e. The summed E-state index contributed by atoms with van der Waals surface area (Å²) in [5.74, 6) is 0. The first-order valence-electron chi connectivity index (χ1n) is 8.93. The van der Waals surface area contributed by atoms with Crippen molar-refractivity contribution in [2.24, 2.45) is 0 Å². The van der Waals surface area contributed by atoms with E-state index in [4.69, 9.17) is 16.6 Å². The van der Waals surface area contributed by atoms with Crippen LogP contribution < -0.4 is 0 Å². The number of hydrogen-bond acceptors (Lipinski definition) is 1. The predicted molar refractivity (Wildman–Crippen MR) is 115 cm³/mol. The predicted octanol–water partition coefficient (Wildman–Crippen LogP) is 7.38. The smallest absolute Gasteiger partial charge is 0.0722 e. The molecule has 2 heteroatoms. The summed E-state index contributed by atoms with van der Waals surface area (Å²) in [6.07, 6.45) is 0. The second-order valence-electron chi connectivity index (χ2n) is 6.61. The van der Waals surface area contributed by atoms with E-state index in [-0.39, 0.29) is 0 Å². The van der Waals surface area contributed by atoms with Gasteiger partial charge in [-0.25, -0.2) is 4.98 Å². The SMILES string of the molecule is Clc1ccc(-c2cc(-c3ccccc3)nc3ccc4ccccc4c23)cc1. The number of halogens is 1. The van der Waals surface area contributed by atoms with E-state index in [0.717, 1.165) is 27.4 Å². The van der Waals surface area contributed by atoms with Gasteiger partial charge in [0.25, 0.3) is 0 Å². The minimum absolute atomic E-state index is 0.741. The maximum absolute atomic E-state index is 6.13. The highest BCUT2D eigenvalue weighted by atomic mass is 35.5. The summed E-state index contributed by atoms with van der Waals surface area (Å²) in [5, 5.41) is 4.35. The molecule has 0 radical (unpaired) electrons. The summed E-state index contributed by atoms with van der Waals surface area (Å²) in [5.41, 5.74) is 5.40. The Kier molecular flexibility index (Phi) is 3.88. The second-order valence-corrected chi connectivity index (χ2v) is 7.05. The Morgan fingerprint density at radius 2 is 1.37 bits per heavy atom. The van der Waals surface area contributed by atoms with E-state index in [1.807, 2.05) is 30.3 Å². The first-order chi connectivity index (χ1) is 13.3. The lowest BCUT2D eigenvalue weighted by Crippen LogP contribution is -1.91. The van der Waals surface area contributed by atoms with Crippen LogP contribution in [0.4, 0.5) is 0 Å². The van der Waals surface area contributed by atoms with Crippen molar-refractivity contribution < 1.29 is 0 Å². The zero-order valence-electron chi connectivity index (χ0n) is 14.6. The molecule has 5 aromatic rings. The summed E-state index contributed by atoms with van der Waals surface area (Å²) in [4.78, 5) is 4.97. The summed E-state index contributed by atoms with van der Waals surface area (Å²) in [6.45, 7) is 0. The van der Waals surface area contributed by atoms with E-state index in [2.05, 4.69) is 66.7 Å². The maximum Gasteiger partial charge on any atom is 0.0722 e. The van der Waals surface area contributed by atoms with Crippen LogP contribution in [0.5, 0.6) is 0 Å². The molecule has 0 aliphatic heterocycles. The molecule has 0 saturated heterocycles. The van der Waals surface area contributed by atoms with Gasteiger partial charge in [-0.3, -0.25) is 0 Å². The molecule has 5 rings (SSSR count).